The summed E-state index contributed by atoms with van der Waals surface area (Å²) in [6.45, 7) is 0. The van der Waals surface area contributed by atoms with Crippen LogP contribution in [0.15, 0.2) is 72.8 Å². The first-order valence-corrected chi connectivity index (χ1v) is 9.23. The molecule has 6 nitrogen and oxygen atoms in total. The zero-order chi connectivity index (χ0) is 23.6. The first kappa shape index (κ1) is 24.6. The first-order valence-electron chi connectivity index (χ1n) is 9.23. The van der Waals surface area contributed by atoms with Crippen molar-refractivity contribution in [3.63, 3.8) is 0 Å². The van der Waals surface area contributed by atoms with E-state index >= 15 is 0 Å². The molecule has 150 valence electrons. The fourth-order valence-corrected chi connectivity index (χ4v) is 2.34. The Hall–Kier alpha value is -5.40. The summed E-state index contributed by atoms with van der Waals surface area (Å²) in [6.07, 6.45) is 1.03. The van der Waals surface area contributed by atoms with Crippen molar-refractivity contribution in [2.75, 3.05) is 0 Å². The van der Waals surface area contributed by atoms with Crippen molar-refractivity contribution in [2.24, 2.45) is 0 Å². The fraction of sp³-hybridized carbons (Fsp3) is 0.0769. The second kappa shape index (κ2) is 14.6. The second-order valence-electron chi connectivity index (χ2n) is 6.03. The van der Waals surface area contributed by atoms with Gasteiger partial charge in [-0.25, -0.2) is 0 Å². The molecule has 0 radical (unpaired) electrons. The molecule has 0 spiro atoms. The summed E-state index contributed by atoms with van der Waals surface area (Å²) in [4.78, 5) is 0. The van der Waals surface area contributed by atoms with Crippen LogP contribution in [0.4, 0.5) is 0 Å². The number of nitriles is 6. The molecule has 0 bridgehead atoms. The molecule has 0 atom stereocenters. The highest BCUT2D eigenvalue weighted by Gasteiger charge is 2.08. The van der Waals surface area contributed by atoms with Gasteiger partial charge < -0.3 is 0 Å². The van der Waals surface area contributed by atoms with Crippen molar-refractivity contribution in [2.45, 2.75) is 12.8 Å². The van der Waals surface area contributed by atoms with E-state index in [4.69, 9.17) is 31.6 Å². The summed E-state index contributed by atoms with van der Waals surface area (Å²) in [6, 6.07) is 33.3. The van der Waals surface area contributed by atoms with Gasteiger partial charge in [-0.1, -0.05) is 60.7 Å². The van der Waals surface area contributed by atoms with E-state index in [-0.39, 0.29) is 22.3 Å². The summed E-state index contributed by atoms with van der Waals surface area (Å²) >= 11 is 0. The van der Waals surface area contributed by atoms with E-state index in [0.29, 0.717) is 12.8 Å². The molecule has 6 heteroatoms. The van der Waals surface area contributed by atoms with Gasteiger partial charge in [0, 0.05) is 0 Å². The van der Waals surface area contributed by atoms with Gasteiger partial charge in [0.25, 0.3) is 0 Å². The van der Waals surface area contributed by atoms with Crippen molar-refractivity contribution in [3.8, 4) is 36.4 Å². The van der Waals surface area contributed by atoms with Crippen LogP contribution in [0.1, 0.15) is 33.4 Å². The molecular weight excluding hydrogens is 396 g/mol. The molecule has 0 aliphatic carbocycles. The van der Waals surface area contributed by atoms with Crippen LogP contribution in [-0.4, -0.2) is 0 Å². The summed E-state index contributed by atoms with van der Waals surface area (Å²) in [5.74, 6) is 0. The predicted octanol–water partition coefficient (Wildman–Crippen LogP) is 4.68. The average Bonchev–Trinajstić information content (AvgIpc) is 2.85. The number of nitrogens with zero attached hydrogens (tertiary/aromatic N) is 6. The molecule has 3 aromatic rings. The first-order chi connectivity index (χ1) is 15.6. The van der Waals surface area contributed by atoms with Crippen molar-refractivity contribution in [1.29, 1.82) is 31.6 Å². The minimum Gasteiger partial charge on any atom is -0.198 e. The molecule has 0 N–H and O–H groups in total. The Morgan fingerprint density at radius 2 is 0.719 bits per heavy atom. The van der Waals surface area contributed by atoms with Crippen LogP contribution in [0.25, 0.3) is 0 Å². The van der Waals surface area contributed by atoms with Crippen LogP contribution >= 0.6 is 0 Å². The standard InChI is InChI=1S/C10H2N4.2C8H7N/c11-3-7-1-8(4-12)10(6-14)2-9(7)5-13;2*9-7-6-8-4-2-1-3-5-8/h1-2H;2*1-5H,6H2. The predicted molar refractivity (Wildman–Crippen MR) is 117 cm³/mol. The molecule has 0 saturated heterocycles. The zero-order valence-electron chi connectivity index (χ0n) is 17.0. The van der Waals surface area contributed by atoms with Gasteiger partial charge in [-0.2, -0.15) is 31.6 Å². The molecule has 0 saturated carbocycles. The maximum Gasteiger partial charge on any atom is 0.101 e. The van der Waals surface area contributed by atoms with Crippen LogP contribution in [0.2, 0.25) is 0 Å². The van der Waals surface area contributed by atoms with Crippen molar-refractivity contribution >= 4 is 0 Å². The quantitative estimate of drug-likeness (QED) is 0.598. The van der Waals surface area contributed by atoms with Gasteiger partial charge in [0.1, 0.15) is 24.3 Å². The molecule has 32 heavy (non-hydrogen) atoms. The molecule has 0 amide bonds. The normalized spacial score (nSPS) is 8.06. The maximum atomic E-state index is 8.64. The fourth-order valence-electron chi connectivity index (χ4n) is 2.34. The lowest BCUT2D eigenvalue weighted by Gasteiger charge is -1.96. The van der Waals surface area contributed by atoms with E-state index in [1.165, 1.54) is 12.1 Å². The number of hydrogen-bond acceptors (Lipinski definition) is 6. The summed E-state index contributed by atoms with van der Waals surface area (Å²) < 4.78 is 0. The number of benzene rings is 3. The highest BCUT2D eigenvalue weighted by molar-refractivity contribution is 5.57. The van der Waals surface area contributed by atoms with E-state index < -0.39 is 0 Å². The molecule has 0 aromatic heterocycles. The van der Waals surface area contributed by atoms with Crippen LogP contribution in [0, 0.1) is 68.0 Å². The van der Waals surface area contributed by atoms with Crippen molar-refractivity contribution in [1.82, 2.24) is 0 Å². The van der Waals surface area contributed by atoms with Gasteiger partial charge in [-0.15, -0.1) is 0 Å². The van der Waals surface area contributed by atoms with Gasteiger partial charge in [0.05, 0.1) is 47.2 Å². The molecule has 0 fully saturated rings. The highest BCUT2D eigenvalue weighted by Crippen LogP contribution is 2.14. The Morgan fingerprint density at radius 1 is 0.438 bits per heavy atom. The van der Waals surface area contributed by atoms with Crippen molar-refractivity contribution in [3.05, 3.63) is 106 Å². The lowest BCUT2D eigenvalue weighted by Crippen LogP contribution is -1.90. The highest BCUT2D eigenvalue weighted by atomic mass is 14.3. The smallest absolute Gasteiger partial charge is 0.101 e. The van der Waals surface area contributed by atoms with Crippen LogP contribution in [0.3, 0.4) is 0 Å². The SMILES string of the molecule is N#CCc1ccccc1.N#CCc1ccccc1.N#Cc1cc(C#N)c(C#N)cc1C#N. The van der Waals surface area contributed by atoms with E-state index in [0.717, 1.165) is 11.1 Å². The molecule has 0 heterocycles. The molecule has 0 aliphatic heterocycles. The minimum absolute atomic E-state index is 0.114. The second-order valence-corrected chi connectivity index (χ2v) is 6.03. The summed E-state index contributed by atoms with van der Waals surface area (Å²) in [5.41, 5.74) is 2.62. The number of hydrogen-bond donors (Lipinski definition) is 0. The molecule has 3 aromatic carbocycles. The third-order valence-corrected chi connectivity index (χ3v) is 3.89. The van der Waals surface area contributed by atoms with Crippen LogP contribution < -0.4 is 0 Å². The van der Waals surface area contributed by atoms with Crippen molar-refractivity contribution < 1.29 is 0 Å². The van der Waals surface area contributed by atoms with Gasteiger partial charge in [-0.3, -0.25) is 0 Å². The monoisotopic (exact) mass is 412 g/mol. The maximum absolute atomic E-state index is 8.64. The Labute approximate surface area is 187 Å². The Bertz CT molecular complexity index is 1120. The lowest BCUT2D eigenvalue weighted by atomic mass is 10.0. The average molecular weight is 412 g/mol. The molecular formula is C26H16N6. The van der Waals surface area contributed by atoms with Gasteiger partial charge in [0.2, 0.25) is 0 Å². The van der Waals surface area contributed by atoms with Gasteiger partial charge in [-0.05, 0) is 23.3 Å². The number of rotatable bonds is 2. The van der Waals surface area contributed by atoms with E-state index in [1.807, 2.05) is 60.7 Å². The topological polar surface area (TPSA) is 143 Å². The van der Waals surface area contributed by atoms with Crippen LogP contribution in [0.5, 0.6) is 0 Å². The minimum atomic E-state index is 0.114. The Balaban J connectivity index is 0.000000250. The Kier molecular flexibility index (Phi) is 11.2. The molecule has 0 unspecified atom stereocenters. The van der Waals surface area contributed by atoms with E-state index in [9.17, 15) is 0 Å². The largest absolute Gasteiger partial charge is 0.198 e. The van der Waals surface area contributed by atoms with E-state index in [1.54, 1.807) is 24.3 Å². The zero-order valence-corrected chi connectivity index (χ0v) is 17.0. The molecule has 3 rings (SSSR count). The lowest BCUT2D eigenvalue weighted by molar-refractivity contribution is 1.26. The van der Waals surface area contributed by atoms with E-state index in [2.05, 4.69) is 12.1 Å². The van der Waals surface area contributed by atoms with Gasteiger partial charge >= 0.3 is 0 Å². The third-order valence-electron chi connectivity index (χ3n) is 3.89. The Morgan fingerprint density at radius 3 is 0.938 bits per heavy atom. The van der Waals surface area contributed by atoms with Gasteiger partial charge in [0.15, 0.2) is 0 Å². The molecule has 0 aliphatic rings. The van der Waals surface area contributed by atoms with Crippen LogP contribution in [-0.2, 0) is 12.8 Å². The third kappa shape index (κ3) is 8.31. The summed E-state index contributed by atoms with van der Waals surface area (Å²) in [5, 5.41) is 51.1. The summed E-state index contributed by atoms with van der Waals surface area (Å²) in [7, 11) is 0.